The molecule has 2 heterocycles. The molecule has 2 aromatic heterocycles. The topological polar surface area (TPSA) is 37.3 Å². The third kappa shape index (κ3) is 1.02. The number of nitrogens with one attached hydrogen (secondary N) is 1. The van der Waals surface area contributed by atoms with Gasteiger partial charge in [0.1, 0.15) is 5.65 Å². The molecule has 0 radical (unpaired) electrons. The van der Waals surface area contributed by atoms with Gasteiger partial charge in [-0.2, -0.15) is 0 Å². The van der Waals surface area contributed by atoms with Gasteiger partial charge in [0, 0.05) is 36.1 Å². The molecule has 1 N–H and O–H groups in total. The molecule has 1 fully saturated rings. The van der Waals surface area contributed by atoms with E-state index < -0.39 is 0 Å². The lowest BCUT2D eigenvalue weighted by Crippen LogP contribution is -2.11. The average Bonchev–Trinajstić information content (AvgIpc) is 2.45. The summed E-state index contributed by atoms with van der Waals surface area (Å²) in [6, 6.07) is 3.26. The Balaban J connectivity index is 2.20. The number of aromatic amines is 1. The predicted octanol–water partition coefficient (Wildman–Crippen LogP) is 1.90. The smallest absolute Gasteiger partial charge is 0.183 e. The van der Waals surface area contributed by atoms with Crippen molar-refractivity contribution in [2.24, 2.45) is 0 Å². The number of hydrogen-bond donors (Lipinski definition) is 1. The van der Waals surface area contributed by atoms with Crippen LogP contribution in [-0.2, 0) is 0 Å². The lowest BCUT2D eigenvalue weighted by molar-refractivity contribution is 0.409. The Morgan fingerprint density at radius 2 is 2.29 bits per heavy atom. The number of pyridine rings is 1. The summed E-state index contributed by atoms with van der Waals surface area (Å²) in [6.45, 7) is 0. The van der Waals surface area contributed by atoms with Crippen molar-refractivity contribution >= 4 is 5.65 Å². The van der Waals surface area contributed by atoms with E-state index in [-0.39, 0.29) is 5.43 Å². The van der Waals surface area contributed by atoms with Gasteiger partial charge in [-0.25, -0.2) is 0 Å². The Labute approximate surface area is 81.4 Å². The molecule has 0 saturated heterocycles. The van der Waals surface area contributed by atoms with Crippen LogP contribution < -0.4 is 5.43 Å². The maximum absolute atomic E-state index is 11.1. The molecule has 1 aliphatic carbocycles. The molecule has 0 atom stereocenters. The van der Waals surface area contributed by atoms with Crippen molar-refractivity contribution in [3.8, 4) is 0 Å². The molecule has 0 aliphatic heterocycles. The van der Waals surface area contributed by atoms with Gasteiger partial charge in [0.2, 0.25) is 0 Å². The molecule has 3 nitrogen and oxygen atoms in total. The van der Waals surface area contributed by atoms with E-state index in [0.717, 1.165) is 5.65 Å². The van der Waals surface area contributed by atoms with Crippen LogP contribution in [0, 0.1) is 0 Å². The van der Waals surface area contributed by atoms with Crippen LogP contribution in [0.15, 0.2) is 29.3 Å². The predicted molar refractivity (Wildman–Crippen MR) is 54.6 cm³/mol. The molecule has 0 amide bonds. The van der Waals surface area contributed by atoms with Gasteiger partial charge in [-0.05, 0) is 12.8 Å². The fourth-order valence-electron chi connectivity index (χ4n) is 2.05. The van der Waals surface area contributed by atoms with Gasteiger partial charge in [0.05, 0.1) is 0 Å². The SMILES string of the molecule is O=c1ccn2c(C3CCC3)c[nH]c2c1. The van der Waals surface area contributed by atoms with Crippen LogP contribution in [0.25, 0.3) is 5.65 Å². The van der Waals surface area contributed by atoms with E-state index in [1.807, 2.05) is 12.4 Å². The summed E-state index contributed by atoms with van der Waals surface area (Å²) in [7, 11) is 0. The second kappa shape index (κ2) is 2.74. The third-order valence-electron chi connectivity index (χ3n) is 3.10. The van der Waals surface area contributed by atoms with E-state index in [1.54, 1.807) is 12.1 Å². The molecule has 3 rings (SSSR count). The van der Waals surface area contributed by atoms with Gasteiger partial charge in [-0.15, -0.1) is 0 Å². The summed E-state index contributed by atoms with van der Waals surface area (Å²) in [5, 5.41) is 0. The van der Waals surface area contributed by atoms with Gasteiger partial charge in [-0.3, -0.25) is 4.79 Å². The largest absolute Gasteiger partial charge is 0.346 e. The van der Waals surface area contributed by atoms with Crippen LogP contribution in [0.2, 0.25) is 0 Å². The first-order valence-corrected chi connectivity index (χ1v) is 5.04. The fraction of sp³-hybridized carbons (Fsp3) is 0.364. The van der Waals surface area contributed by atoms with E-state index >= 15 is 0 Å². The second-order valence-corrected chi connectivity index (χ2v) is 3.96. The summed E-state index contributed by atoms with van der Waals surface area (Å²) < 4.78 is 2.09. The first-order chi connectivity index (χ1) is 6.84. The Hall–Kier alpha value is -1.51. The molecule has 0 bridgehead atoms. The van der Waals surface area contributed by atoms with Gasteiger partial charge in [0.15, 0.2) is 5.43 Å². The lowest BCUT2D eigenvalue weighted by Gasteiger charge is -2.24. The number of nitrogens with zero attached hydrogens (tertiary/aromatic N) is 1. The summed E-state index contributed by atoms with van der Waals surface area (Å²) in [4.78, 5) is 14.3. The van der Waals surface area contributed by atoms with Crippen LogP contribution >= 0.6 is 0 Å². The van der Waals surface area contributed by atoms with E-state index in [1.165, 1.54) is 25.0 Å². The number of imidazole rings is 1. The Morgan fingerprint density at radius 1 is 1.43 bits per heavy atom. The molecule has 1 saturated carbocycles. The number of fused-ring (bicyclic) bond motifs is 1. The zero-order valence-corrected chi connectivity index (χ0v) is 7.86. The third-order valence-corrected chi connectivity index (χ3v) is 3.10. The first-order valence-electron chi connectivity index (χ1n) is 5.04. The minimum Gasteiger partial charge on any atom is -0.346 e. The van der Waals surface area contributed by atoms with E-state index in [9.17, 15) is 4.79 Å². The van der Waals surface area contributed by atoms with E-state index in [4.69, 9.17) is 0 Å². The first kappa shape index (κ1) is 7.85. The second-order valence-electron chi connectivity index (χ2n) is 3.96. The average molecular weight is 188 g/mol. The van der Waals surface area contributed by atoms with E-state index in [0.29, 0.717) is 5.92 Å². The highest BCUT2D eigenvalue weighted by Gasteiger charge is 2.22. The minimum atomic E-state index is 0.0620. The van der Waals surface area contributed by atoms with Gasteiger partial charge in [0.25, 0.3) is 0 Å². The molecule has 3 heteroatoms. The molecule has 72 valence electrons. The van der Waals surface area contributed by atoms with E-state index in [2.05, 4.69) is 9.38 Å². The number of hydrogen-bond acceptors (Lipinski definition) is 1. The maximum Gasteiger partial charge on any atom is 0.183 e. The number of aromatic nitrogens is 2. The normalized spacial score (nSPS) is 17.1. The molecule has 0 aromatic carbocycles. The van der Waals surface area contributed by atoms with Crippen molar-refractivity contribution < 1.29 is 0 Å². The Bertz CT molecular complexity index is 519. The number of H-pyrrole nitrogens is 1. The quantitative estimate of drug-likeness (QED) is 0.729. The van der Waals surface area contributed by atoms with Crippen LogP contribution in [0.3, 0.4) is 0 Å². The number of rotatable bonds is 1. The maximum atomic E-state index is 11.1. The summed E-state index contributed by atoms with van der Waals surface area (Å²) in [5.74, 6) is 0.686. The van der Waals surface area contributed by atoms with Gasteiger partial charge in [-0.1, -0.05) is 6.42 Å². The summed E-state index contributed by atoms with van der Waals surface area (Å²) in [6.07, 6.45) is 7.77. The lowest BCUT2D eigenvalue weighted by atomic mass is 9.83. The highest BCUT2D eigenvalue weighted by atomic mass is 16.1. The van der Waals surface area contributed by atoms with Crippen molar-refractivity contribution in [2.45, 2.75) is 25.2 Å². The van der Waals surface area contributed by atoms with Crippen LogP contribution in [0.1, 0.15) is 30.9 Å². The Kier molecular flexibility index (Phi) is 1.54. The highest BCUT2D eigenvalue weighted by Crippen LogP contribution is 2.36. The monoisotopic (exact) mass is 188 g/mol. The van der Waals surface area contributed by atoms with Crippen molar-refractivity contribution in [1.82, 2.24) is 9.38 Å². The summed E-state index contributed by atoms with van der Waals surface area (Å²) >= 11 is 0. The van der Waals surface area contributed by atoms with Gasteiger partial charge < -0.3 is 9.38 Å². The molecule has 2 aromatic rings. The van der Waals surface area contributed by atoms with Crippen LogP contribution in [-0.4, -0.2) is 9.38 Å². The fourth-order valence-corrected chi connectivity index (χ4v) is 2.05. The van der Waals surface area contributed by atoms with Crippen molar-refractivity contribution in [1.29, 1.82) is 0 Å². The Morgan fingerprint density at radius 3 is 3.00 bits per heavy atom. The van der Waals surface area contributed by atoms with Crippen LogP contribution in [0.4, 0.5) is 0 Å². The molecule has 0 unspecified atom stereocenters. The molecule has 14 heavy (non-hydrogen) atoms. The summed E-state index contributed by atoms with van der Waals surface area (Å²) in [5.41, 5.74) is 2.28. The van der Waals surface area contributed by atoms with Crippen molar-refractivity contribution in [3.05, 3.63) is 40.4 Å². The molecular formula is C11H12N2O. The zero-order chi connectivity index (χ0) is 9.54. The zero-order valence-electron chi connectivity index (χ0n) is 7.86. The minimum absolute atomic E-state index is 0.0620. The standard InChI is InChI=1S/C11H12N2O/c14-9-4-5-13-10(8-2-1-3-8)7-12-11(13)6-9/h4-8,12H,1-3H2. The highest BCUT2D eigenvalue weighted by molar-refractivity contribution is 5.40. The van der Waals surface area contributed by atoms with Crippen LogP contribution in [0.5, 0.6) is 0 Å². The molecular weight excluding hydrogens is 176 g/mol. The molecule has 1 aliphatic rings. The van der Waals surface area contributed by atoms with Crippen molar-refractivity contribution in [2.75, 3.05) is 0 Å². The molecule has 0 spiro atoms. The van der Waals surface area contributed by atoms with Gasteiger partial charge >= 0.3 is 0 Å². The van der Waals surface area contributed by atoms with Crippen molar-refractivity contribution in [3.63, 3.8) is 0 Å².